The standard InChI is InChI=1S/C16H29NO2/c1-3-12(4-2)11-19-16(18)15-9-13-7-5-6-8-14(13)10-17-15/h12-15,17H,3-11H2,1-2H3/t13-,14+,15+/m1/s1. The zero-order valence-corrected chi connectivity index (χ0v) is 12.5. The zero-order chi connectivity index (χ0) is 13.7. The van der Waals surface area contributed by atoms with Gasteiger partial charge in [-0.3, -0.25) is 4.79 Å². The monoisotopic (exact) mass is 267 g/mol. The second kappa shape index (κ2) is 7.28. The van der Waals surface area contributed by atoms with Gasteiger partial charge in [-0.05, 0) is 37.1 Å². The quantitative estimate of drug-likeness (QED) is 0.778. The summed E-state index contributed by atoms with van der Waals surface area (Å²) < 4.78 is 5.50. The van der Waals surface area contributed by atoms with Crippen LogP contribution in [0.5, 0.6) is 0 Å². The maximum Gasteiger partial charge on any atom is 0.323 e. The molecule has 2 rings (SSSR count). The molecule has 0 unspecified atom stereocenters. The van der Waals surface area contributed by atoms with Crippen molar-refractivity contribution in [3.8, 4) is 0 Å². The lowest BCUT2D eigenvalue weighted by Crippen LogP contribution is -2.49. The summed E-state index contributed by atoms with van der Waals surface area (Å²) in [7, 11) is 0. The molecule has 19 heavy (non-hydrogen) atoms. The Labute approximate surface area is 117 Å². The van der Waals surface area contributed by atoms with E-state index in [2.05, 4.69) is 19.2 Å². The van der Waals surface area contributed by atoms with Gasteiger partial charge in [-0.1, -0.05) is 46.0 Å². The molecule has 0 spiro atoms. The van der Waals surface area contributed by atoms with E-state index in [0.29, 0.717) is 12.5 Å². The first-order valence-corrected chi connectivity index (χ1v) is 8.14. The summed E-state index contributed by atoms with van der Waals surface area (Å²) in [4.78, 5) is 12.1. The highest BCUT2D eigenvalue weighted by atomic mass is 16.5. The van der Waals surface area contributed by atoms with E-state index in [1.54, 1.807) is 0 Å². The molecule has 0 aromatic carbocycles. The fourth-order valence-corrected chi connectivity index (χ4v) is 3.55. The van der Waals surface area contributed by atoms with Crippen LogP contribution in [0, 0.1) is 17.8 Å². The Morgan fingerprint density at radius 1 is 1.21 bits per heavy atom. The minimum atomic E-state index is -0.0475. The summed E-state index contributed by atoms with van der Waals surface area (Å²) in [5, 5.41) is 3.40. The van der Waals surface area contributed by atoms with Gasteiger partial charge in [0.05, 0.1) is 6.61 Å². The third-order valence-electron chi connectivity index (χ3n) is 5.13. The molecule has 3 nitrogen and oxygen atoms in total. The molecule has 0 aromatic rings. The van der Waals surface area contributed by atoms with Crippen molar-refractivity contribution in [2.24, 2.45) is 17.8 Å². The molecule has 0 aromatic heterocycles. The molecule has 1 saturated carbocycles. The number of rotatable bonds is 5. The molecule has 110 valence electrons. The lowest BCUT2D eigenvalue weighted by Gasteiger charge is -2.39. The number of piperidine rings is 1. The lowest BCUT2D eigenvalue weighted by atomic mass is 9.74. The highest BCUT2D eigenvalue weighted by Gasteiger charge is 2.35. The predicted octanol–water partition coefficient (Wildman–Crippen LogP) is 3.13. The number of esters is 1. The van der Waals surface area contributed by atoms with Gasteiger partial charge < -0.3 is 10.1 Å². The van der Waals surface area contributed by atoms with Gasteiger partial charge in [-0.25, -0.2) is 0 Å². The molecule has 0 amide bonds. The van der Waals surface area contributed by atoms with Gasteiger partial charge in [0.2, 0.25) is 0 Å². The summed E-state index contributed by atoms with van der Waals surface area (Å²) in [6, 6.07) is -0.0475. The second-order valence-corrected chi connectivity index (χ2v) is 6.31. The van der Waals surface area contributed by atoms with Crippen molar-refractivity contribution in [3.05, 3.63) is 0 Å². The third kappa shape index (κ3) is 3.95. The maximum absolute atomic E-state index is 12.1. The number of nitrogens with one attached hydrogen (secondary N) is 1. The Bertz CT molecular complexity index is 288. The summed E-state index contributed by atoms with van der Waals surface area (Å²) >= 11 is 0. The van der Waals surface area contributed by atoms with Gasteiger partial charge in [-0.15, -0.1) is 0 Å². The van der Waals surface area contributed by atoms with Gasteiger partial charge in [0, 0.05) is 0 Å². The molecular weight excluding hydrogens is 238 g/mol. The van der Waals surface area contributed by atoms with Crippen LogP contribution >= 0.6 is 0 Å². The molecule has 2 aliphatic rings. The Kier molecular flexibility index (Phi) is 5.68. The van der Waals surface area contributed by atoms with E-state index in [4.69, 9.17) is 4.74 Å². The molecule has 1 aliphatic carbocycles. The molecule has 1 aliphatic heterocycles. The van der Waals surface area contributed by atoms with Crippen molar-refractivity contribution in [1.29, 1.82) is 0 Å². The van der Waals surface area contributed by atoms with E-state index in [1.807, 2.05) is 0 Å². The summed E-state index contributed by atoms with van der Waals surface area (Å²) in [5.41, 5.74) is 0. The van der Waals surface area contributed by atoms with Crippen molar-refractivity contribution in [2.75, 3.05) is 13.2 Å². The van der Waals surface area contributed by atoms with Crippen LogP contribution in [0.3, 0.4) is 0 Å². The number of hydrogen-bond acceptors (Lipinski definition) is 3. The van der Waals surface area contributed by atoms with Crippen LogP contribution in [-0.2, 0) is 9.53 Å². The molecular formula is C16H29NO2. The van der Waals surface area contributed by atoms with E-state index in [1.165, 1.54) is 25.7 Å². The smallest absolute Gasteiger partial charge is 0.323 e. The van der Waals surface area contributed by atoms with E-state index in [0.717, 1.165) is 37.6 Å². The van der Waals surface area contributed by atoms with Crippen LogP contribution in [0.1, 0.15) is 58.8 Å². The number of carbonyl (C=O) groups excluding carboxylic acids is 1. The molecule has 3 atom stereocenters. The summed E-state index contributed by atoms with van der Waals surface area (Å²) in [6.45, 7) is 5.93. The van der Waals surface area contributed by atoms with Crippen LogP contribution in [0.4, 0.5) is 0 Å². The minimum Gasteiger partial charge on any atom is -0.464 e. The lowest BCUT2D eigenvalue weighted by molar-refractivity contribution is -0.149. The Hall–Kier alpha value is -0.570. The summed E-state index contributed by atoms with van der Waals surface area (Å²) in [6.07, 6.45) is 8.53. The first-order chi connectivity index (χ1) is 9.24. The molecule has 0 radical (unpaired) electrons. The Balaban J connectivity index is 1.77. The van der Waals surface area contributed by atoms with Crippen molar-refractivity contribution in [3.63, 3.8) is 0 Å². The number of hydrogen-bond donors (Lipinski definition) is 1. The largest absolute Gasteiger partial charge is 0.464 e. The van der Waals surface area contributed by atoms with E-state index in [9.17, 15) is 4.79 Å². The van der Waals surface area contributed by atoms with Gasteiger partial charge in [0.15, 0.2) is 0 Å². The number of fused-ring (bicyclic) bond motifs is 1. The van der Waals surface area contributed by atoms with Gasteiger partial charge in [-0.2, -0.15) is 0 Å². The van der Waals surface area contributed by atoms with Gasteiger partial charge in [0.1, 0.15) is 6.04 Å². The fourth-order valence-electron chi connectivity index (χ4n) is 3.55. The highest BCUT2D eigenvalue weighted by molar-refractivity contribution is 5.76. The van der Waals surface area contributed by atoms with Gasteiger partial charge >= 0.3 is 5.97 Å². The number of ether oxygens (including phenoxy) is 1. The highest BCUT2D eigenvalue weighted by Crippen LogP contribution is 2.35. The first kappa shape index (κ1) is 14.8. The Morgan fingerprint density at radius 2 is 1.89 bits per heavy atom. The predicted molar refractivity (Wildman–Crippen MR) is 76.9 cm³/mol. The maximum atomic E-state index is 12.1. The second-order valence-electron chi connectivity index (χ2n) is 6.31. The summed E-state index contributed by atoms with van der Waals surface area (Å²) in [5.74, 6) is 2.06. The minimum absolute atomic E-state index is 0.0177. The van der Waals surface area contributed by atoms with Crippen molar-refractivity contribution in [2.45, 2.75) is 64.8 Å². The Morgan fingerprint density at radius 3 is 2.58 bits per heavy atom. The third-order valence-corrected chi connectivity index (χ3v) is 5.13. The molecule has 2 fully saturated rings. The van der Waals surface area contributed by atoms with Crippen LogP contribution in [0.25, 0.3) is 0 Å². The topological polar surface area (TPSA) is 38.3 Å². The van der Waals surface area contributed by atoms with E-state index < -0.39 is 0 Å². The van der Waals surface area contributed by atoms with Crippen LogP contribution in [0.2, 0.25) is 0 Å². The van der Waals surface area contributed by atoms with Gasteiger partial charge in [0.25, 0.3) is 0 Å². The SMILES string of the molecule is CCC(CC)COC(=O)[C@@H]1C[C@H]2CCCC[C@H]2CN1. The fraction of sp³-hybridized carbons (Fsp3) is 0.938. The molecule has 3 heteroatoms. The zero-order valence-electron chi connectivity index (χ0n) is 12.5. The van der Waals surface area contributed by atoms with Crippen molar-refractivity contribution >= 4 is 5.97 Å². The molecule has 1 N–H and O–H groups in total. The van der Waals surface area contributed by atoms with Crippen molar-refractivity contribution < 1.29 is 9.53 Å². The molecule has 1 heterocycles. The van der Waals surface area contributed by atoms with Crippen LogP contribution < -0.4 is 5.32 Å². The van der Waals surface area contributed by atoms with Crippen LogP contribution in [-0.4, -0.2) is 25.2 Å². The average Bonchev–Trinajstić information content (AvgIpc) is 2.47. The van der Waals surface area contributed by atoms with Crippen molar-refractivity contribution in [1.82, 2.24) is 5.32 Å². The number of carbonyl (C=O) groups is 1. The first-order valence-electron chi connectivity index (χ1n) is 8.14. The normalized spacial score (nSPS) is 31.0. The average molecular weight is 267 g/mol. The van der Waals surface area contributed by atoms with Crippen LogP contribution in [0.15, 0.2) is 0 Å². The van der Waals surface area contributed by atoms with E-state index in [-0.39, 0.29) is 12.0 Å². The van der Waals surface area contributed by atoms with E-state index >= 15 is 0 Å². The molecule has 1 saturated heterocycles. The molecule has 0 bridgehead atoms.